The molecule has 26 heavy (non-hydrogen) atoms. The molecule has 1 aliphatic rings. The van der Waals surface area contributed by atoms with Crippen LogP contribution in [0.25, 0.3) is 22.0 Å². The minimum atomic E-state index is -3.68. The van der Waals surface area contributed by atoms with Crippen molar-refractivity contribution in [1.29, 1.82) is 0 Å². The van der Waals surface area contributed by atoms with Crippen LogP contribution in [0.3, 0.4) is 0 Å². The summed E-state index contributed by atoms with van der Waals surface area (Å²) in [5, 5.41) is 1.11. The zero-order chi connectivity index (χ0) is 17.9. The zero-order valence-electron chi connectivity index (χ0n) is 13.7. The van der Waals surface area contributed by atoms with Crippen LogP contribution >= 0.6 is 0 Å². The molecule has 0 radical (unpaired) electrons. The van der Waals surface area contributed by atoms with Crippen LogP contribution in [0.1, 0.15) is 5.69 Å². The van der Waals surface area contributed by atoms with Gasteiger partial charge in [0.15, 0.2) is 5.58 Å². The first-order valence-corrected chi connectivity index (χ1v) is 9.66. The van der Waals surface area contributed by atoms with E-state index in [9.17, 15) is 13.2 Å². The van der Waals surface area contributed by atoms with Crippen molar-refractivity contribution in [1.82, 2.24) is 13.9 Å². The molecule has 0 atom stereocenters. The lowest BCUT2D eigenvalue weighted by molar-refractivity contribution is 0.345. The Balaban J connectivity index is 1.55. The van der Waals surface area contributed by atoms with Gasteiger partial charge in [0.2, 0.25) is 10.0 Å². The predicted molar refractivity (Wildman–Crippen MR) is 96.4 cm³/mol. The van der Waals surface area contributed by atoms with E-state index in [-0.39, 0.29) is 10.5 Å². The molecule has 0 bridgehead atoms. The highest BCUT2D eigenvalue weighted by atomic mass is 32.2. The molecule has 8 heteroatoms. The number of para-hydroxylation sites is 1. The van der Waals surface area contributed by atoms with Crippen LogP contribution in [0.15, 0.2) is 62.6 Å². The third-order valence-electron chi connectivity index (χ3n) is 4.84. The van der Waals surface area contributed by atoms with E-state index in [1.165, 1.54) is 16.4 Å². The summed E-state index contributed by atoms with van der Waals surface area (Å²) in [6.07, 6.45) is 0. The number of aromatic amines is 1. The monoisotopic (exact) mass is 369 g/mol. The van der Waals surface area contributed by atoms with E-state index in [2.05, 4.69) is 9.55 Å². The van der Waals surface area contributed by atoms with Gasteiger partial charge in [0, 0.05) is 30.4 Å². The maximum absolute atomic E-state index is 13.0. The van der Waals surface area contributed by atoms with E-state index in [4.69, 9.17) is 4.42 Å². The van der Waals surface area contributed by atoms with Crippen molar-refractivity contribution in [2.45, 2.75) is 18.0 Å². The molecule has 0 unspecified atom stereocenters. The molecule has 5 rings (SSSR count). The first-order valence-electron chi connectivity index (χ1n) is 8.22. The lowest BCUT2D eigenvalue weighted by Gasteiger charge is -2.28. The number of nitrogens with one attached hydrogen (secondary N) is 1. The molecule has 4 aromatic rings. The van der Waals surface area contributed by atoms with Gasteiger partial charge in [0.25, 0.3) is 0 Å². The van der Waals surface area contributed by atoms with Crippen molar-refractivity contribution < 1.29 is 12.8 Å². The minimum Gasteiger partial charge on any atom is -0.408 e. The number of hydrogen-bond acceptors (Lipinski definition) is 4. The van der Waals surface area contributed by atoms with Crippen molar-refractivity contribution in [2.75, 3.05) is 6.54 Å². The number of hydrogen-bond donors (Lipinski definition) is 1. The van der Waals surface area contributed by atoms with E-state index >= 15 is 0 Å². The van der Waals surface area contributed by atoms with Gasteiger partial charge >= 0.3 is 5.76 Å². The van der Waals surface area contributed by atoms with Crippen LogP contribution in [-0.2, 0) is 23.1 Å². The van der Waals surface area contributed by atoms with Gasteiger partial charge in [-0.05, 0) is 29.7 Å². The van der Waals surface area contributed by atoms with Crippen LogP contribution in [0.5, 0.6) is 0 Å². The Labute approximate surface area is 148 Å². The van der Waals surface area contributed by atoms with Crippen molar-refractivity contribution in [3.8, 4) is 0 Å². The van der Waals surface area contributed by atoms with Gasteiger partial charge in [0.05, 0.1) is 17.0 Å². The van der Waals surface area contributed by atoms with Crippen LogP contribution in [-0.4, -0.2) is 28.8 Å². The molecule has 0 saturated carbocycles. The van der Waals surface area contributed by atoms with E-state index in [1.807, 2.05) is 30.3 Å². The molecule has 3 heterocycles. The van der Waals surface area contributed by atoms with Gasteiger partial charge in [-0.1, -0.05) is 18.2 Å². The second-order valence-electron chi connectivity index (χ2n) is 6.36. The molecule has 0 spiro atoms. The summed E-state index contributed by atoms with van der Waals surface area (Å²) < 4.78 is 34.7. The molecule has 2 aromatic heterocycles. The Morgan fingerprint density at radius 2 is 1.88 bits per heavy atom. The topological polar surface area (TPSA) is 88.3 Å². The fourth-order valence-electron chi connectivity index (χ4n) is 3.57. The molecule has 0 amide bonds. The van der Waals surface area contributed by atoms with Crippen LogP contribution in [0.2, 0.25) is 0 Å². The van der Waals surface area contributed by atoms with E-state index < -0.39 is 15.8 Å². The van der Waals surface area contributed by atoms with E-state index in [0.717, 1.165) is 16.6 Å². The van der Waals surface area contributed by atoms with Gasteiger partial charge in [-0.3, -0.25) is 4.98 Å². The number of benzene rings is 2. The number of nitrogens with zero attached hydrogens (tertiary/aromatic N) is 2. The number of rotatable bonds is 2. The molecule has 2 aromatic carbocycles. The molecule has 0 fully saturated rings. The van der Waals surface area contributed by atoms with Gasteiger partial charge in [-0.15, -0.1) is 0 Å². The maximum Gasteiger partial charge on any atom is 0.417 e. The molecule has 1 aliphatic heterocycles. The smallest absolute Gasteiger partial charge is 0.408 e. The first-order chi connectivity index (χ1) is 12.5. The summed E-state index contributed by atoms with van der Waals surface area (Å²) in [4.78, 5) is 13.9. The Kier molecular flexibility index (Phi) is 3.16. The van der Waals surface area contributed by atoms with Crippen molar-refractivity contribution in [2.24, 2.45) is 0 Å². The Morgan fingerprint density at radius 3 is 2.77 bits per heavy atom. The van der Waals surface area contributed by atoms with Gasteiger partial charge in [0.1, 0.15) is 0 Å². The summed E-state index contributed by atoms with van der Waals surface area (Å²) in [7, 11) is -3.68. The first kappa shape index (κ1) is 15.4. The lowest BCUT2D eigenvalue weighted by Crippen LogP contribution is -2.37. The fraction of sp³-hybridized carbons (Fsp3) is 0.167. The summed E-state index contributed by atoms with van der Waals surface area (Å²) >= 11 is 0. The molecular weight excluding hydrogens is 354 g/mol. The molecule has 7 nitrogen and oxygen atoms in total. The van der Waals surface area contributed by atoms with Gasteiger partial charge < -0.3 is 8.98 Å². The standard InChI is InChI=1S/C18H15N3O4S/c22-18-19-15-6-5-14(10-17(15)25-18)26(23,24)20-7-8-21-13(11-20)9-12-3-1-2-4-16(12)21/h1-6,9-10H,7-8,11H2,(H,19,22). The summed E-state index contributed by atoms with van der Waals surface area (Å²) in [6.45, 7) is 1.30. The molecule has 0 saturated heterocycles. The van der Waals surface area contributed by atoms with E-state index in [1.54, 1.807) is 6.07 Å². The second-order valence-corrected chi connectivity index (χ2v) is 8.30. The van der Waals surface area contributed by atoms with Crippen molar-refractivity contribution in [3.63, 3.8) is 0 Å². The van der Waals surface area contributed by atoms with Gasteiger partial charge in [-0.25, -0.2) is 13.2 Å². The highest BCUT2D eigenvalue weighted by molar-refractivity contribution is 7.89. The van der Waals surface area contributed by atoms with Crippen molar-refractivity contribution in [3.05, 3.63) is 64.8 Å². The Morgan fingerprint density at radius 1 is 1.04 bits per heavy atom. The maximum atomic E-state index is 13.0. The van der Waals surface area contributed by atoms with E-state index in [0.29, 0.717) is 25.2 Å². The molecule has 0 aliphatic carbocycles. The average Bonchev–Trinajstić information content (AvgIpc) is 3.19. The molecule has 1 N–H and O–H groups in total. The zero-order valence-corrected chi connectivity index (χ0v) is 14.5. The second kappa shape index (κ2) is 5.33. The highest BCUT2D eigenvalue weighted by Crippen LogP contribution is 2.28. The normalized spacial score (nSPS) is 15.5. The summed E-state index contributed by atoms with van der Waals surface area (Å²) in [6, 6.07) is 14.5. The minimum absolute atomic E-state index is 0.123. The Hall–Kier alpha value is -2.84. The molecule has 132 valence electrons. The number of oxazole rings is 1. The number of sulfonamides is 1. The molecular formula is C18H15N3O4S. The van der Waals surface area contributed by atoms with Gasteiger partial charge in [-0.2, -0.15) is 4.31 Å². The largest absolute Gasteiger partial charge is 0.417 e. The highest BCUT2D eigenvalue weighted by Gasteiger charge is 2.29. The number of H-pyrrole nitrogens is 1. The fourth-order valence-corrected chi connectivity index (χ4v) is 4.99. The third kappa shape index (κ3) is 2.23. The quantitative estimate of drug-likeness (QED) is 0.587. The predicted octanol–water partition coefficient (Wildman–Crippen LogP) is 2.28. The van der Waals surface area contributed by atoms with Crippen molar-refractivity contribution >= 4 is 32.0 Å². The third-order valence-corrected chi connectivity index (χ3v) is 6.68. The van der Waals surface area contributed by atoms with Crippen LogP contribution in [0.4, 0.5) is 0 Å². The number of fused-ring (bicyclic) bond motifs is 4. The average molecular weight is 369 g/mol. The summed E-state index contributed by atoms with van der Waals surface area (Å²) in [5.41, 5.74) is 2.81. The number of aromatic nitrogens is 2. The SMILES string of the molecule is O=c1[nH]c2ccc(S(=O)(=O)N3CCn4c(cc5ccccc54)C3)cc2o1. The van der Waals surface area contributed by atoms with Crippen LogP contribution < -0.4 is 5.76 Å². The Bertz CT molecular complexity index is 1310. The van der Waals surface area contributed by atoms with Crippen LogP contribution in [0, 0.1) is 0 Å². The lowest BCUT2D eigenvalue weighted by atomic mass is 10.2. The summed E-state index contributed by atoms with van der Waals surface area (Å²) in [5.74, 6) is -0.600.